The van der Waals surface area contributed by atoms with Crippen LogP contribution in [0.25, 0.3) is 0 Å². The number of ether oxygens (including phenoxy) is 1. The van der Waals surface area contributed by atoms with E-state index in [1.165, 1.54) is 0 Å². The Morgan fingerprint density at radius 1 is 1.40 bits per heavy atom. The van der Waals surface area contributed by atoms with E-state index in [1.54, 1.807) is 19.3 Å². The van der Waals surface area contributed by atoms with Crippen LogP contribution in [0.2, 0.25) is 0 Å². The molecule has 112 valence electrons. The van der Waals surface area contributed by atoms with Crippen LogP contribution in [0.15, 0.2) is 16.7 Å². The Labute approximate surface area is 128 Å². The average molecular weight is 344 g/mol. The van der Waals surface area contributed by atoms with Crippen molar-refractivity contribution in [3.05, 3.63) is 22.3 Å². The number of nitrogens with zero attached hydrogens (tertiary/aromatic N) is 1. The van der Waals surface area contributed by atoms with Gasteiger partial charge < -0.3 is 15.4 Å². The van der Waals surface area contributed by atoms with Crippen LogP contribution < -0.4 is 10.6 Å². The molecule has 1 aromatic rings. The van der Waals surface area contributed by atoms with Crippen LogP contribution in [0, 0.1) is 0 Å². The summed E-state index contributed by atoms with van der Waals surface area (Å²) in [6, 6.07) is 1.76. The third kappa shape index (κ3) is 5.88. The first-order valence-corrected chi connectivity index (χ1v) is 7.67. The topological polar surface area (TPSA) is 63.2 Å². The molecular weight excluding hydrogens is 322 g/mol. The van der Waals surface area contributed by atoms with E-state index >= 15 is 0 Å². The highest BCUT2D eigenvalue weighted by Crippen LogP contribution is 2.17. The number of amides is 1. The van der Waals surface area contributed by atoms with Gasteiger partial charge in [0.15, 0.2) is 0 Å². The number of anilines is 1. The molecule has 2 N–H and O–H groups in total. The largest absolute Gasteiger partial charge is 0.381 e. The molecule has 0 aliphatic heterocycles. The van der Waals surface area contributed by atoms with Gasteiger partial charge in [0.1, 0.15) is 5.82 Å². The summed E-state index contributed by atoms with van der Waals surface area (Å²) >= 11 is 3.32. The zero-order chi connectivity index (χ0) is 14.8. The van der Waals surface area contributed by atoms with Gasteiger partial charge in [0.2, 0.25) is 0 Å². The monoisotopic (exact) mass is 343 g/mol. The van der Waals surface area contributed by atoms with E-state index in [2.05, 4.69) is 38.5 Å². The third-order valence-corrected chi connectivity index (χ3v) is 3.16. The summed E-state index contributed by atoms with van der Waals surface area (Å²) in [6.45, 7) is 4.20. The van der Waals surface area contributed by atoms with Crippen molar-refractivity contribution in [1.82, 2.24) is 10.3 Å². The van der Waals surface area contributed by atoms with Crippen LogP contribution in [0.1, 0.15) is 36.5 Å². The predicted octanol–water partition coefficient (Wildman–Crippen LogP) is 2.82. The van der Waals surface area contributed by atoms with Gasteiger partial charge in [-0.15, -0.1) is 0 Å². The van der Waals surface area contributed by atoms with Gasteiger partial charge in [-0.05, 0) is 34.8 Å². The summed E-state index contributed by atoms with van der Waals surface area (Å²) in [4.78, 5) is 16.2. The molecule has 0 fully saturated rings. The summed E-state index contributed by atoms with van der Waals surface area (Å²) in [5, 5.41) is 5.78. The Morgan fingerprint density at radius 3 is 2.85 bits per heavy atom. The Morgan fingerprint density at radius 2 is 2.15 bits per heavy atom. The number of rotatable bonds is 9. The molecule has 0 saturated heterocycles. The van der Waals surface area contributed by atoms with Gasteiger partial charge in [-0.2, -0.15) is 0 Å². The summed E-state index contributed by atoms with van der Waals surface area (Å²) in [5.41, 5.74) is 0.536. The third-order valence-electron chi connectivity index (χ3n) is 2.73. The number of carbonyl (C=O) groups is 1. The van der Waals surface area contributed by atoms with Crippen LogP contribution >= 0.6 is 15.9 Å². The molecule has 0 radical (unpaired) electrons. The summed E-state index contributed by atoms with van der Waals surface area (Å²) in [6.07, 6.45) is 4.69. The van der Waals surface area contributed by atoms with Gasteiger partial charge in [-0.25, -0.2) is 4.98 Å². The fraction of sp³-hybridized carbons (Fsp3) is 0.571. The molecular formula is C14H22BrN3O2. The van der Waals surface area contributed by atoms with E-state index < -0.39 is 0 Å². The Kier molecular flexibility index (Phi) is 8.22. The first-order chi connectivity index (χ1) is 9.69. The number of hydrogen-bond donors (Lipinski definition) is 2. The SMILES string of the molecule is CCCCOCCCNC(=O)c1cc(Br)cnc1NC. The minimum atomic E-state index is -0.128. The van der Waals surface area contributed by atoms with Crippen molar-refractivity contribution in [3.63, 3.8) is 0 Å². The number of aromatic nitrogens is 1. The van der Waals surface area contributed by atoms with Crippen molar-refractivity contribution in [2.75, 3.05) is 32.1 Å². The van der Waals surface area contributed by atoms with E-state index in [1.807, 2.05) is 0 Å². The van der Waals surface area contributed by atoms with Crippen molar-refractivity contribution >= 4 is 27.7 Å². The van der Waals surface area contributed by atoms with Gasteiger partial charge in [0.25, 0.3) is 5.91 Å². The molecule has 1 heterocycles. The molecule has 0 saturated carbocycles. The Hall–Kier alpha value is -1.14. The second kappa shape index (κ2) is 9.72. The molecule has 0 aromatic carbocycles. The highest BCUT2D eigenvalue weighted by Gasteiger charge is 2.11. The quantitative estimate of drug-likeness (QED) is 0.676. The van der Waals surface area contributed by atoms with Crippen molar-refractivity contribution in [2.45, 2.75) is 26.2 Å². The number of unbranched alkanes of at least 4 members (excludes halogenated alkanes) is 1. The lowest BCUT2D eigenvalue weighted by atomic mass is 10.2. The highest BCUT2D eigenvalue weighted by atomic mass is 79.9. The molecule has 0 unspecified atom stereocenters. The zero-order valence-electron chi connectivity index (χ0n) is 12.0. The average Bonchev–Trinajstić information content (AvgIpc) is 2.46. The lowest BCUT2D eigenvalue weighted by molar-refractivity contribution is 0.0941. The maximum atomic E-state index is 12.1. The fourth-order valence-corrected chi connectivity index (χ4v) is 1.96. The number of carbonyl (C=O) groups excluding carboxylic acids is 1. The molecule has 5 nitrogen and oxygen atoms in total. The van der Waals surface area contributed by atoms with Crippen LogP contribution in [0.4, 0.5) is 5.82 Å². The predicted molar refractivity (Wildman–Crippen MR) is 84.2 cm³/mol. The Bertz CT molecular complexity index is 427. The van der Waals surface area contributed by atoms with Crippen LogP contribution in [0.3, 0.4) is 0 Å². The van der Waals surface area contributed by atoms with E-state index in [0.29, 0.717) is 24.5 Å². The second-order valence-corrected chi connectivity index (χ2v) is 5.29. The fourth-order valence-electron chi connectivity index (χ4n) is 1.63. The van der Waals surface area contributed by atoms with Crippen LogP contribution in [-0.4, -0.2) is 37.7 Å². The van der Waals surface area contributed by atoms with E-state index in [0.717, 1.165) is 30.3 Å². The molecule has 1 amide bonds. The number of pyridine rings is 1. The normalized spacial score (nSPS) is 10.3. The Balaban J connectivity index is 2.34. The smallest absolute Gasteiger partial charge is 0.255 e. The lowest BCUT2D eigenvalue weighted by Crippen LogP contribution is -2.26. The van der Waals surface area contributed by atoms with Gasteiger partial charge in [0.05, 0.1) is 5.56 Å². The van der Waals surface area contributed by atoms with Crippen LogP contribution in [0.5, 0.6) is 0 Å². The van der Waals surface area contributed by atoms with Gasteiger partial charge in [-0.1, -0.05) is 13.3 Å². The van der Waals surface area contributed by atoms with Gasteiger partial charge >= 0.3 is 0 Å². The van der Waals surface area contributed by atoms with Gasteiger partial charge in [-0.3, -0.25) is 4.79 Å². The number of hydrogen-bond acceptors (Lipinski definition) is 4. The first-order valence-electron chi connectivity index (χ1n) is 6.88. The highest BCUT2D eigenvalue weighted by molar-refractivity contribution is 9.10. The van der Waals surface area contributed by atoms with Crippen molar-refractivity contribution in [1.29, 1.82) is 0 Å². The summed E-state index contributed by atoms with van der Waals surface area (Å²) in [5.74, 6) is 0.446. The van der Waals surface area contributed by atoms with Crippen molar-refractivity contribution < 1.29 is 9.53 Å². The second-order valence-electron chi connectivity index (χ2n) is 4.38. The zero-order valence-corrected chi connectivity index (χ0v) is 13.6. The van der Waals surface area contributed by atoms with E-state index in [-0.39, 0.29) is 5.91 Å². The minimum Gasteiger partial charge on any atom is -0.381 e. The maximum absolute atomic E-state index is 12.1. The van der Waals surface area contributed by atoms with Crippen LogP contribution in [-0.2, 0) is 4.74 Å². The molecule has 0 bridgehead atoms. The summed E-state index contributed by atoms with van der Waals surface area (Å²) in [7, 11) is 1.74. The molecule has 0 aliphatic carbocycles. The van der Waals surface area contributed by atoms with E-state index in [9.17, 15) is 4.79 Å². The molecule has 20 heavy (non-hydrogen) atoms. The summed E-state index contributed by atoms with van der Waals surface area (Å²) < 4.78 is 6.22. The first kappa shape index (κ1) is 16.9. The molecule has 0 aliphatic rings. The van der Waals surface area contributed by atoms with E-state index in [4.69, 9.17) is 4.74 Å². The van der Waals surface area contributed by atoms with Crippen molar-refractivity contribution in [3.8, 4) is 0 Å². The molecule has 6 heteroatoms. The molecule has 0 spiro atoms. The molecule has 0 atom stereocenters. The number of halogens is 1. The molecule has 1 aromatic heterocycles. The lowest BCUT2D eigenvalue weighted by Gasteiger charge is -2.09. The standard InChI is InChI=1S/C14H22BrN3O2/c1-3-4-7-20-8-5-6-17-14(19)12-9-11(15)10-18-13(12)16-2/h9-10H,3-8H2,1-2H3,(H,16,18)(H,17,19). The van der Waals surface area contributed by atoms with Crippen molar-refractivity contribution in [2.24, 2.45) is 0 Å². The van der Waals surface area contributed by atoms with Gasteiger partial charge in [0, 0.05) is 37.5 Å². The number of nitrogens with one attached hydrogen (secondary N) is 2. The maximum Gasteiger partial charge on any atom is 0.255 e. The minimum absolute atomic E-state index is 0.128. The molecule has 1 rings (SSSR count).